The maximum atomic E-state index is 12.3. The molecule has 1 aromatic rings. The van der Waals surface area contributed by atoms with E-state index in [4.69, 9.17) is 11.6 Å². The average molecular weight is 331 g/mol. The van der Waals surface area contributed by atoms with Crippen LogP contribution in [-0.4, -0.2) is 19.7 Å². The number of rotatable bonds is 3. The smallest absolute Gasteiger partial charge is 0.375 e. The van der Waals surface area contributed by atoms with E-state index in [2.05, 4.69) is 4.18 Å². The molecule has 0 atom stereocenters. The Morgan fingerprint density at radius 1 is 1.25 bits per heavy atom. The van der Waals surface area contributed by atoms with Gasteiger partial charge in [0.25, 0.3) is 0 Å². The van der Waals surface area contributed by atoms with E-state index in [0.717, 1.165) is 13.0 Å². The summed E-state index contributed by atoms with van der Waals surface area (Å²) in [5.41, 5.74) is -5.54. The molecule has 0 saturated carbocycles. The monoisotopic (exact) mass is 330 g/mol. The Hall–Kier alpha value is -1.28. The van der Waals surface area contributed by atoms with Crippen molar-refractivity contribution in [3.05, 3.63) is 27.8 Å². The largest absolute Gasteiger partial charge is 0.534 e. The molecule has 112 valence electrons. The number of carbonyl (C=O) groups excluding carboxylic acids is 1. The van der Waals surface area contributed by atoms with Gasteiger partial charge in [-0.1, -0.05) is 11.6 Å². The molecule has 0 aliphatic carbocycles. The minimum absolute atomic E-state index is 0.0514. The quantitative estimate of drug-likeness (QED) is 0.484. The van der Waals surface area contributed by atoms with Gasteiger partial charge in [-0.25, -0.2) is 0 Å². The summed E-state index contributed by atoms with van der Waals surface area (Å²) in [5, 5.41) is 0.129. The topological polar surface area (TPSA) is 60.4 Å². The Morgan fingerprint density at radius 2 is 1.75 bits per heavy atom. The molecule has 0 radical (unpaired) electrons. The molecule has 0 N–H and O–H groups in total. The van der Waals surface area contributed by atoms with Gasteiger partial charge in [0.05, 0.1) is 5.56 Å². The van der Waals surface area contributed by atoms with Crippen LogP contribution in [0.4, 0.5) is 13.2 Å². The fraction of sp³-hybridized carbons (Fsp3) is 0.364. The number of hydrogen-bond acceptors (Lipinski definition) is 4. The number of hydrogen-bond donors (Lipinski definition) is 0. The molecule has 0 spiro atoms. The van der Waals surface area contributed by atoms with Crippen LogP contribution in [0.15, 0.2) is 6.07 Å². The number of alkyl halides is 3. The Morgan fingerprint density at radius 3 is 2.15 bits per heavy atom. The van der Waals surface area contributed by atoms with Crippen molar-refractivity contribution in [1.82, 2.24) is 0 Å². The molecule has 4 nitrogen and oxygen atoms in total. The van der Waals surface area contributed by atoms with Gasteiger partial charge in [0.15, 0.2) is 11.5 Å². The molecule has 9 heteroatoms. The summed E-state index contributed by atoms with van der Waals surface area (Å²) in [6, 6.07) is 1.08. The summed E-state index contributed by atoms with van der Waals surface area (Å²) in [6.07, 6.45) is 0. The van der Waals surface area contributed by atoms with Gasteiger partial charge in [0.2, 0.25) is 0 Å². The summed E-state index contributed by atoms with van der Waals surface area (Å²) in [5.74, 6) is -1.32. The van der Waals surface area contributed by atoms with Gasteiger partial charge < -0.3 is 4.18 Å². The van der Waals surface area contributed by atoms with Crippen LogP contribution in [-0.2, 0) is 10.1 Å². The third-order valence-electron chi connectivity index (χ3n) is 2.63. The van der Waals surface area contributed by atoms with E-state index >= 15 is 0 Å². The Balaban J connectivity index is 3.54. The van der Waals surface area contributed by atoms with Crippen LogP contribution < -0.4 is 4.18 Å². The van der Waals surface area contributed by atoms with Crippen LogP contribution in [0, 0.1) is 13.8 Å². The third-order valence-corrected chi connectivity index (χ3v) is 3.98. The second-order valence-electron chi connectivity index (χ2n) is 4.02. The van der Waals surface area contributed by atoms with E-state index in [9.17, 15) is 26.4 Å². The van der Waals surface area contributed by atoms with Gasteiger partial charge >= 0.3 is 15.6 Å². The van der Waals surface area contributed by atoms with Crippen LogP contribution >= 0.6 is 11.6 Å². The van der Waals surface area contributed by atoms with Gasteiger partial charge in [-0.3, -0.25) is 4.79 Å². The molecule has 1 aromatic carbocycles. The predicted molar refractivity (Wildman–Crippen MR) is 66.5 cm³/mol. The van der Waals surface area contributed by atoms with E-state index in [-0.39, 0.29) is 16.1 Å². The number of carbonyl (C=O) groups is 1. The lowest BCUT2D eigenvalue weighted by molar-refractivity contribution is -0.0500. The highest BCUT2D eigenvalue weighted by Gasteiger charge is 2.49. The van der Waals surface area contributed by atoms with Crippen molar-refractivity contribution in [3.63, 3.8) is 0 Å². The van der Waals surface area contributed by atoms with E-state index in [1.165, 1.54) is 13.8 Å². The molecule has 0 aliphatic heterocycles. The average Bonchev–Trinajstić information content (AvgIpc) is 2.27. The van der Waals surface area contributed by atoms with Crippen LogP contribution in [0.2, 0.25) is 5.02 Å². The molecule has 1 rings (SSSR count). The molecule has 0 unspecified atom stereocenters. The van der Waals surface area contributed by atoms with Crippen LogP contribution in [0.5, 0.6) is 5.75 Å². The second-order valence-corrected chi connectivity index (χ2v) is 5.97. The first kappa shape index (κ1) is 16.8. The Bertz CT molecular complexity index is 665. The molecule has 0 aliphatic rings. The lowest BCUT2D eigenvalue weighted by Crippen LogP contribution is -2.29. The third kappa shape index (κ3) is 3.06. The molecule has 0 amide bonds. The molecule has 0 heterocycles. The lowest BCUT2D eigenvalue weighted by Gasteiger charge is -2.16. The molecule has 20 heavy (non-hydrogen) atoms. The first-order valence-electron chi connectivity index (χ1n) is 5.20. The Kier molecular flexibility index (Phi) is 4.40. The van der Waals surface area contributed by atoms with Crippen molar-refractivity contribution in [1.29, 1.82) is 0 Å². The van der Waals surface area contributed by atoms with Crippen LogP contribution in [0.25, 0.3) is 0 Å². The molecule has 0 bridgehead atoms. The van der Waals surface area contributed by atoms with Crippen molar-refractivity contribution in [2.24, 2.45) is 0 Å². The minimum Gasteiger partial charge on any atom is -0.375 e. The number of halogens is 4. The van der Waals surface area contributed by atoms with E-state index in [1.807, 2.05) is 0 Å². The zero-order chi connectivity index (χ0) is 15.9. The van der Waals surface area contributed by atoms with E-state index < -0.39 is 27.2 Å². The SMILES string of the molecule is CC(=O)c1cc(Cl)c(C)c(C)c1OS(=O)(=O)C(F)(F)F. The first-order valence-corrected chi connectivity index (χ1v) is 6.98. The minimum atomic E-state index is -5.85. The summed E-state index contributed by atoms with van der Waals surface area (Å²) in [6.45, 7) is 3.84. The summed E-state index contributed by atoms with van der Waals surface area (Å²) >= 11 is 5.82. The standard InChI is InChI=1S/C11H10ClF3O4S/c1-5-6(2)10(8(7(3)16)4-9(5)12)19-20(17,18)11(13,14)15/h4H,1-3H3. The molecule has 0 saturated heterocycles. The molecule has 0 aromatic heterocycles. The number of ketones is 1. The summed E-state index contributed by atoms with van der Waals surface area (Å²) in [7, 11) is -5.85. The first-order chi connectivity index (χ1) is 8.88. The van der Waals surface area contributed by atoms with E-state index in [1.54, 1.807) is 0 Å². The van der Waals surface area contributed by atoms with Crippen molar-refractivity contribution in [2.75, 3.05) is 0 Å². The highest BCUT2D eigenvalue weighted by atomic mass is 35.5. The normalized spacial score (nSPS) is 12.3. The second kappa shape index (κ2) is 5.25. The van der Waals surface area contributed by atoms with Crippen molar-refractivity contribution in [3.8, 4) is 5.75 Å². The van der Waals surface area contributed by atoms with Crippen molar-refractivity contribution < 1.29 is 30.6 Å². The van der Waals surface area contributed by atoms with Gasteiger partial charge in [0.1, 0.15) is 0 Å². The molecule has 0 fully saturated rings. The number of benzene rings is 1. The van der Waals surface area contributed by atoms with Gasteiger partial charge in [0, 0.05) is 5.02 Å². The van der Waals surface area contributed by atoms with Crippen molar-refractivity contribution in [2.45, 2.75) is 26.3 Å². The molecular weight excluding hydrogens is 321 g/mol. The summed E-state index contributed by atoms with van der Waals surface area (Å²) in [4.78, 5) is 11.4. The highest BCUT2D eigenvalue weighted by Crippen LogP contribution is 2.35. The van der Waals surface area contributed by atoms with E-state index in [0.29, 0.717) is 5.56 Å². The fourth-order valence-corrected chi connectivity index (χ4v) is 2.16. The van der Waals surface area contributed by atoms with Crippen LogP contribution in [0.1, 0.15) is 28.4 Å². The fourth-order valence-electron chi connectivity index (χ4n) is 1.38. The summed E-state index contributed by atoms with van der Waals surface area (Å²) < 4.78 is 63.2. The zero-order valence-electron chi connectivity index (χ0n) is 10.6. The Labute approximate surface area is 118 Å². The lowest BCUT2D eigenvalue weighted by atomic mass is 10.0. The predicted octanol–water partition coefficient (Wildman–Crippen LogP) is 3.39. The molecular formula is C11H10ClF3O4S. The van der Waals surface area contributed by atoms with Gasteiger partial charge in [-0.15, -0.1) is 0 Å². The number of Topliss-reactive ketones (excluding diaryl/α,β-unsaturated/α-hetero) is 1. The van der Waals surface area contributed by atoms with Crippen LogP contribution in [0.3, 0.4) is 0 Å². The maximum Gasteiger partial charge on any atom is 0.534 e. The zero-order valence-corrected chi connectivity index (χ0v) is 12.2. The maximum absolute atomic E-state index is 12.3. The van der Waals surface area contributed by atoms with Gasteiger partial charge in [-0.2, -0.15) is 21.6 Å². The van der Waals surface area contributed by atoms with Gasteiger partial charge in [-0.05, 0) is 38.0 Å². The van der Waals surface area contributed by atoms with Crippen molar-refractivity contribution >= 4 is 27.5 Å². The highest BCUT2D eigenvalue weighted by molar-refractivity contribution is 7.88.